The van der Waals surface area contributed by atoms with Crippen LogP contribution < -0.4 is 4.74 Å². The Balaban J connectivity index is 2.31. The van der Waals surface area contributed by atoms with Crippen molar-refractivity contribution >= 4 is 17.6 Å². The average Bonchev–Trinajstić information content (AvgIpc) is 2.54. The average molecular weight is 322 g/mol. The summed E-state index contributed by atoms with van der Waals surface area (Å²) in [7, 11) is 0. The highest BCUT2D eigenvalue weighted by atomic mass is 16.6. The van der Waals surface area contributed by atoms with Crippen molar-refractivity contribution in [3.8, 4) is 5.75 Å². The molecule has 0 aromatic heterocycles. The number of nitrogens with zero attached hydrogens (tertiary/aromatic N) is 2. The smallest absolute Gasteiger partial charge is 0.308 e. The number of nitro benzene ring substituents is 1. The Labute approximate surface area is 132 Å². The number of carboxylic acid groups (broad SMARTS) is 1. The quantitative estimate of drug-likeness (QED) is 0.655. The Kier molecular flexibility index (Phi) is 5.15. The van der Waals surface area contributed by atoms with Gasteiger partial charge in [-0.2, -0.15) is 0 Å². The zero-order chi connectivity index (χ0) is 17.0. The van der Waals surface area contributed by atoms with E-state index < -0.39 is 22.7 Å². The molecule has 1 aromatic rings. The van der Waals surface area contributed by atoms with Crippen LogP contribution in [0.25, 0.3) is 0 Å². The maximum atomic E-state index is 12.6. The van der Waals surface area contributed by atoms with Crippen molar-refractivity contribution in [1.82, 2.24) is 4.90 Å². The fraction of sp³-hybridized carbons (Fsp3) is 0.467. The van der Waals surface area contributed by atoms with Crippen molar-refractivity contribution in [2.45, 2.75) is 19.8 Å². The van der Waals surface area contributed by atoms with Crippen LogP contribution in [-0.4, -0.2) is 46.5 Å². The minimum atomic E-state index is -0.958. The molecular formula is C15H18N2O6. The van der Waals surface area contributed by atoms with Gasteiger partial charge in [-0.25, -0.2) is 0 Å². The summed E-state index contributed by atoms with van der Waals surface area (Å²) in [6, 6.07) is 4.01. The van der Waals surface area contributed by atoms with Crippen LogP contribution in [0.5, 0.6) is 5.75 Å². The Morgan fingerprint density at radius 1 is 1.48 bits per heavy atom. The van der Waals surface area contributed by atoms with Crippen LogP contribution >= 0.6 is 0 Å². The van der Waals surface area contributed by atoms with Crippen LogP contribution in [0, 0.1) is 16.0 Å². The van der Waals surface area contributed by atoms with Gasteiger partial charge < -0.3 is 14.7 Å². The van der Waals surface area contributed by atoms with Gasteiger partial charge in [0.25, 0.3) is 11.6 Å². The normalized spacial score (nSPS) is 17.6. The second-order valence-corrected chi connectivity index (χ2v) is 5.30. The molecule has 0 bridgehead atoms. The third-order valence-corrected chi connectivity index (χ3v) is 3.76. The van der Waals surface area contributed by atoms with Crippen LogP contribution in [0.15, 0.2) is 18.2 Å². The molecule has 8 heteroatoms. The van der Waals surface area contributed by atoms with E-state index in [2.05, 4.69) is 0 Å². The van der Waals surface area contributed by atoms with E-state index in [9.17, 15) is 19.7 Å². The highest BCUT2D eigenvalue weighted by Crippen LogP contribution is 2.27. The van der Waals surface area contributed by atoms with E-state index in [1.54, 1.807) is 6.92 Å². The van der Waals surface area contributed by atoms with Gasteiger partial charge in [0, 0.05) is 19.2 Å². The predicted molar refractivity (Wildman–Crippen MR) is 80.5 cm³/mol. The van der Waals surface area contributed by atoms with E-state index in [-0.39, 0.29) is 17.8 Å². The number of hydrogen-bond acceptors (Lipinski definition) is 5. The van der Waals surface area contributed by atoms with Gasteiger partial charge >= 0.3 is 5.97 Å². The maximum Gasteiger partial charge on any atom is 0.308 e. The zero-order valence-corrected chi connectivity index (χ0v) is 12.7. The van der Waals surface area contributed by atoms with Crippen LogP contribution in [0.1, 0.15) is 30.1 Å². The second-order valence-electron chi connectivity index (χ2n) is 5.30. The van der Waals surface area contributed by atoms with Gasteiger partial charge in [-0.3, -0.25) is 19.7 Å². The van der Waals surface area contributed by atoms with Gasteiger partial charge in [0.1, 0.15) is 11.3 Å². The molecule has 23 heavy (non-hydrogen) atoms. The third-order valence-electron chi connectivity index (χ3n) is 3.76. The van der Waals surface area contributed by atoms with Gasteiger partial charge in [0.2, 0.25) is 0 Å². The predicted octanol–water partition coefficient (Wildman–Crippen LogP) is 1.93. The SMILES string of the molecule is CCOc1ccc([N+](=O)[O-])c(C(=O)N2CCCC(C(=O)O)C2)c1. The van der Waals surface area contributed by atoms with Gasteiger partial charge in [-0.15, -0.1) is 0 Å². The summed E-state index contributed by atoms with van der Waals surface area (Å²) in [5.74, 6) is -1.76. The summed E-state index contributed by atoms with van der Waals surface area (Å²) in [6.07, 6.45) is 1.06. The second kappa shape index (κ2) is 7.08. The van der Waals surface area contributed by atoms with Crippen molar-refractivity contribution in [2.24, 2.45) is 5.92 Å². The summed E-state index contributed by atoms with van der Waals surface area (Å²) in [5, 5.41) is 20.2. The molecule has 0 aliphatic carbocycles. The van der Waals surface area contributed by atoms with E-state index in [4.69, 9.17) is 9.84 Å². The number of ether oxygens (including phenoxy) is 1. The number of carboxylic acids is 1. The highest BCUT2D eigenvalue weighted by Gasteiger charge is 2.31. The standard InChI is InChI=1S/C15H18N2O6/c1-2-23-11-5-6-13(17(21)22)12(8-11)14(18)16-7-3-4-10(9-16)15(19)20/h5-6,8,10H,2-4,7,9H2,1H3,(H,19,20). The Morgan fingerprint density at radius 3 is 2.83 bits per heavy atom. The number of hydrogen-bond donors (Lipinski definition) is 1. The van der Waals surface area contributed by atoms with Gasteiger partial charge in [0.05, 0.1) is 17.4 Å². The van der Waals surface area contributed by atoms with E-state index >= 15 is 0 Å². The summed E-state index contributed by atoms with van der Waals surface area (Å²) < 4.78 is 5.29. The fourth-order valence-corrected chi connectivity index (χ4v) is 2.64. The van der Waals surface area contributed by atoms with E-state index in [1.165, 1.54) is 23.1 Å². The first-order valence-electron chi connectivity index (χ1n) is 7.37. The summed E-state index contributed by atoms with van der Waals surface area (Å²) in [6.45, 7) is 2.59. The van der Waals surface area contributed by atoms with Crippen LogP contribution in [0.4, 0.5) is 5.69 Å². The number of benzene rings is 1. The molecule has 124 valence electrons. The Bertz CT molecular complexity index is 630. The minimum absolute atomic E-state index is 0.0597. The van der Waals surface area contributed by atoms with Crippen LogP contribution in [-0.2, 0) is 4.79 Å². The molecule has 1 atom stereocenters. The molecule has 0 radical (unpaired) electrons. The molecule has 1 N–H and O–H groups in total. The first-order chi connectivity index (χ1) is 10.9. The largest absolute Gasteiger partial charge is 0.494 e. The van der Waals surface area contributed by atoms with Crippen molar-refractivity contribution in [3.05, 3.63) is 33.9 Å². The number of amides is 1. The summed E-state index contributed by atoms with van der Waals surface area (Å²) >= 11 is 0. The Morgan fingerprint density at radius 2 is 2.22 bits per heavy atom. The van der Waals surface area contributed by atoms with Crippen LogP contribution in [0.2, 0.25) is 0 Å². The Hall–Kier alpha value is -2.64. The molecule has 1 unspecified atom stereocenters. The van der Waals surface area contributed by atoms with Crippen molar-refractivity contribution in [1.29, 1.82) is 0 Å². The maximum absolute atomic E-state index is 12.6. The highest BCUT2D eigenvalue weighted by molar-refractivity contribution is 5.98. The number of aliphatic carboxylic acids is 1. The molecular weight excluding hydrogens is 304 g/mol. The van der Waals surface area contributed by atoms with E-state index in [1.807, 2.05) is 0 Å². The van der Waals surface area contributed by atoms with E-state index in [0.717, 1.165) is 0 Å². The first kappa shape index (κ1) is 16.7. The summed E-state index contributed by atoms with van der Waals surface area (Å²) in [4.78, 5) is 35.6. The molecule has 1 saturated heterocycles. The molecule has 0 saturated carbocycles. The van der Waals surface area contributed by atoms with Gasteiger partial charge in [0.15, 0.2) is 0 Å². The summed E-state index contributed by atoms with van der Waals surface area (Å²) in [5.41, 5.74) is -0.386. The molecule has 1 amide bonds. The van der Waals surface area contributed by atoms with Gasteiger partial charge in [-0.1, -0.05) is 0 Å². The molecule has 1 aromatic carbocycles. The number of likely N-dealkylation sites (tertiary alicyclic amines) is 1. The lowest BCUT2D eigenvalue weighted by molar-refractivity contribution is -0.385. The van der Waals surface area contributed by atoms with E-state index in [0.29, 0.717) is 31.7 Å². The minimum Gasteiger partial charge on any atom is -0.494 e. The molecule has 1 aliphatic heterocycles. The fourth-order valence-electron chi connectivity index (χ4n) is 2.64. The first-order valence-corrected chi connectivity index (χ1v) is 7.37. The lowest BCUT2D eigenvalue weighted by Gasteiger charge is -2.30. The topological polar surface area (TPSA) is 110 Å². The lowest BCUT2D eigenvalue weighted by Crippen LogP contribution is -2.42. The number of piperidine rings is 1. The van der Waals surface area contributed by atoms with Crippen molar-refractivity contribution in [3.63, 3.8) is 0 Å². The molecule has 8 nitrogen and oxygen atoms in total. The van der Waals surface area contributed by atoms with Crippen LogP contribution in [0.3, 0.4) is 0 Å². The number of nitro groups is 1. The number of carbonyl (C=O) groups excluding carboxylic acids is 1. The zero-order valence-electron chi connectivity index (χ0n) is 12.7. The molecule has 1 aliphatic rings. The molecule has 1 fully saturated rings. The third kappa shape index (κ3) is 3.77. The van der Waals surface area contributed by atoms with Gasteiger partial charge in [-0.05, 0) is 31.9 Å². The monoisotopic (exact) mass is 322 g/mol. The molecule has 0 spiro atoms. The lowest BCUT2D eigenvalue weighted by atomic mass is 9.97. The van der Waals surface area contributed by atoms with Crippen molar-refractivity contribution in [2.75, 3.05) is 19.7 Å². The number of rotatable bonds is 5. The molecule has 1 heterocycles. The van der Waals surface area contributed by atoms with Crippen molar-refractivity contribution < 1.29 is 24.4 Å². The molecule has 2 rings (SSSR count). The number of carbonyl (C=O) groups is 2.